The van der Waals surface area contributed by atoms with Crippen molar-refractivity contribution in [2.24, 2.45) is 0 Å². The minimum absolute atomic E-state index is 0.178. The summed E-state index contributed by atoms with van der Waals surface area (Å²) in [6, 6.07) is 5.82. The van der Waals surface area contributed by atoms with Crippen LogP contribution in [-0.2, 0) is 6.54 Å². The highest BCUT2D eigenvalue weighted by Gasteiger charge is 2.24. The molecular formula is C17H21NO3. The van der Waals surface area contributed by atoms with Crippen LogP contribution in [0.4, 0.5) is 0 Å². The Morgan fingerprint density at radius 3 is 2.81 bits per heavy atom. The maximum atomic E-state index is 11.8. The highest BCUT2D eigenvalue weighted by atomic mass is 16.4. The van der Waals surface area contributed by atoms with E-state index in [1.807, 2.05) is 13.0 Å². The maximum Gasteiger partial charge on any atom is 0.336 e. The molecule has 0 amide bonds. The largest absolute Gasteiger partial charge is 0.423 e. The van der Waals surface area contributed by atoms with Crippen LogP contribution in [0.15, 0.2) is 27.4 Å². The van der Waals surface area contributed by atoms with Gasteiger partial charge >= 0.3 is 5.63 Å². The van der Waals surface area contributed by atoms with Gasteiger partial charge in [-0.05, 0) is 62.1 Å². The maximum absolute atomic E-state index is 11.8. The third-order valence-electron chi connectivity index (χ3n) is 4.53. The van der Waals surface area contributed by atoms with Crippen molar-refractivity contribution in [2.45, 2.75) is 39.3 Å². The standard InChI is InChI=1S/C17H21NO3/c1-11-6-15-13(9-18-5-3-4-14(18)10-19)8-17(20)21-16(15)7-12(11)2/h6-8,14,19H,3-5,9-10H2,1-2H3. The van der Waals surface area contributed by atoms with Crippen molar-refractivity contribution >= 4 is 11.0 Å². The van der Waals surface area contributed by atoms with Crippen LogP contribution < -0.4 is 5.63 Å². The molecule has 0 bridgehead atoms. The van der Waals surface area contributed by atoms with Crippen molar-refractivity contribution in [3.8, 4) is 0 Å². The first kappa shape index (κ1) is 14.3. The summed E-state index contributed by atoms with van der Waals surface area (Å²) >= 11 is 0. The van der Waals surface area contributed by atoms with Crippen LogP contribution in [0.5, 0.6) is 0 Å². The number of benzene rings is 1. The summed E-state index contributed by atoms with van der Waals surface area (Å²) in [5.74, 6) is 0. The Morgan fingerprint density at radius 1 is 1.29 bits per heavy atom. The summed E-state index contributed by atoms with van der Waals surface area (Å²) in [6.07, 6.45) is 2.12. The highest BCUT2D eigenvalue weighted by Crippen LogP contribution is 2.25. The molecule has 112 valence electrons. The number of fused-ring (bicyclic) bond motifs is 1. The van der Waals surface area contributed by atoms with Crippen LogP contribution in [0.25, 0.3) is 11.0 Å². The molecule has 21 heavy (non-hydrogen) atoms. The van der Waals surface area contributed by atoms with Gasteiger partial charge in [-0.25, -0.2) is 4.79 Å². The minimum Gasteiger partial charge on any atom is -0.423 e. The van der Waals surface area contributed by atoms with Gasteiger partial charge in [0.25, 0.3) is 0 Å². The van der Waals surface area contributed by atoms with E-state index in [2.05, 4.69) is 17.9 Å². The molecule has 1 aliphatic heterocycles. The van der Waals surface area contributed by atoms with Crippen LogP contribution in [0.1, 0.15) is 29.5 Å². The van der Waals surface area contributed by atoms with Gasteiger partial charge in [0, 0.05) is 24.0 Å². The monoisotopic (exact) mass is 287 g/mol. The smallest absolute Gasteiger partial charge is 0.336 e. The van der Waals surface area contributed by atoms with Gasteiger partial charge in [0.1, 0.15) is 5.58 Å². The van der Waals surface area contributed by atoms with E-state index in [9.17, 15) is 9.90 Å². The molecule has 1 saturated heterocycles. The summed E-state index contributed by atoms with van der Waals surface area (Å²) in [5, 5.41) is 10.4. The average Bonchev–Trinajstić information content (AvgIpc) is 2.88. The van der Waals surface area contributed by atoms with E-state index in [4.69, 9.17) is 4.42 Å². The number of hydrogen-bond acceptors (Lipinski definition) is 4. The van der Waals surface area contributed by atoms with E-state index < -0.39 is 0 Å². The van der Waals surface area contributed by atoms with Crippen LogP contribution in [0.2, 0.25) is 0 Å². The van der Waals surface area contributed by atoms with Crippen molar-refractivity contribution in [1.82, 2.24) is 4.90 Å². The summed E-state index contributed by atoms with van der Waals surface area (Å²) in [5.41, 5.74) is 3.65. The molecule has 0 spiro atoms. The average molecular weight is 287 g/mol. The van der Waals surface area contributed by atoms with E-state index in [1.165, 1.54) is 5.56 Å². The number of rotatable bonds is 3. The van der Waals surface area contributed by atoms with Crippen LogP contribution in [-0.4, -0.2) is 29.2 Å². The van der Waals surface area contributed by atoms with E-state index >= 15 is 0 Å². The van der Waals surface area contributed by atoms with Gasteiger partial charge in [0.05, 0.1) is 6.61 Å². The second-order valence-electron chi connectivity index (χ2n) is 5.97. The molecule has 1 N–H and O–H groups in total. The fourth-order valence-corrected chi connectivity index (χ4v) is 3.14. The first-order chi connectivity index (χ1) is 10.1. The lowest BCUT2D eigenvalue weighted by Crippen LogP contribution is -2.31. The Hall–Kier alpha value is -1.65. The SMILES string of the molecule is Cc1cc2oc(=O)cc(CN3CCCC3CO)c2cc1C. The van der Waals surface area contributed by atoms with Crippen LogP contribution in [0.3, 0.4) is 0 Å². The Labute approximate surface area is 124 Å². The minimum atomic E-state index is -0.305. The Bertz CT molecular complexity index is 720. The van der Waals surface area contributed by atoms with Gasteiger partial charge in [0.2, 0.25) is 0 Å². The van der Waals surface area contributed by atoms with Crippen LogP contribution in [0, 0.1) is 13.8 Å². The summed E-state index contributed by atoms with van der Waals surface area (Å²) in [7, 11) is 0. The quantitative estimate of drug-likeness (QED) is 0.881. The highest BCUT2D eigenvalue weighted by molar-refractivity contribution is 5.81. The number of nitrogens with zero attached hydrogens (tertiary/aromatic N) is 1. The molecule has 0 saturated carbocycles. The topological polar surface area (TPSA) is 53.7 Å². The molecule has 0 radical (unpaired) electrons. The summed E-state index contributed by atoms with van der Waals surface area (Å²) in [4.78, 5) is 14.0. The zero-order chi connectivity index (χ0) is 15.0. The van der Waals surface area contributed by atoms with E-state index in [0.717, 1.165) is 35.9 Å². The predicted octanol–water partition coefficient (Wildman–Crippen LogP) is 2.37. The lowest BCUT2D eigenvalue weighted by atomic mass is 10.0. The Morgan fingerprint density at radius 2 is 2.05 bits per heavy atom. The number of hydrogen-bond donors (Lipinski definition) is 1. The van der Waals surface area contributed by atoms with Gasteiger partial charge in [-0.2, -0.15) is 0 Å². The van der Waals surface area contributed by atoms with E-state index in [-0.39, 0.29) is 18.3 Å². The normalized spacial score (nSPS) is 19.5. The zero-order valence-electron chi connectivity index (χ0n) is 12.6. The molecule has 2 heterocycles. The fraction of sp³-hybridized carbons (Fsp3) is 0.471. The zero-order valence-corrected chi connectivity index (χ0v) is 12.6. The summed E-state index contributed by atoms with van der Waals surface area (Å²) in [6.45, 7) is 5.92. The third-order valence-corrected chi connectivity index (χ3v) is 4.53. The van der Waals surface area contributed by atoms with Gasteiger partial charge in [0.15, 0.2) is 0 Å². The van der Waals surface area contributed by atoms with Crippen molar-refractivity contribution in [3.05, 3.63) is 45.3 Å². The lowest BCUT2D eigenvalue weighted by molar-refractivity contribution is 0.154. The van der Waals surface area contributed by atoms with Crippen molar-refractivity contribution in [3.63, 3.8) is 0 Å². The van der Waals surface area contributed by atoms with Crippen molar-refractivity contribution in [2.75, 3.05) is 13.2 Å². The second kappa shape index (κ2) is 5.62. The molecule has 4 heteroatoms. The lowest BCUT2D eigenvalue weighted by Gasteiger charge is -2.23. The van der Waals surface area contributed by atoms with E-state index in [1.54, 1.807) is 6.07 Å². The number of likely N-dealkylation sites (tertiary alicyclic amines) is 1. The Balaban J connectivity index is 2.05. The van der Waals surface area contributed by atoms with Gasteiger partial charge in [-0.1, -0.05) is 0 Å². The molecule has 4 nitrogen and oxygen atoms in total. The Kier molecular flexibility index (Phi) is 3.83. The number of aliphatic hydroxyl groups excluding tert-OH is 1. The third kappa shape index (κ3) is 2.74. The molecule has 1 unspecified atom stereocenters. The number of aryl methyl sites for hydroxylation is 2. The first-order valence-electron chi connectivity index (χ1n) is 7.47. The molecule has 1 aliphatic rings. The molecule has 0 aliphatic carbocycles. The molecule has 1 aromatic carbocycles. The fourth-order valence-electron chi connectivity index (χ4n) is 3.14. The molecular weight excluding hydrogens is 266 g/mol. The summed E-state index contributed by atoms with van der Waals surface area (Å²) < 4.78 is 5.33. The molecule has 3 rings (SSSR count). The molecule has 2 aromatic rings. The van der Waals surface area contributed by atoms with Crippen molar-refractivity contribution < 1.29 is 9.52 Å². The van der Waals surface area contributed by atoms with Gasteiger partial charge < -0.3 is 9.52 Å². The molecule has 1 fully saturated rings. The van der Waals surface area contributed by atoms with Crippen molar-refractivity contribution in [1.29, 1.82) is 0 Å². The second-order valence-corrected chi connectivity index (χ2v) is 5.97. The molecule has 1 aromatic heterocycles. The predicted molar refractivity (Wildman–Crippen MR) is 82.5 cm³/mol. The number of aliphatic hydroxyl groups is 1. The van der Waals surface area contributed by atoms with Crippen LogP contribution >= 0.6 is 0 Å². The van der Waals surface area contributed by atoms with E-state index in [0.29, 0.717) is 12.1 Å². The molecule has 1 atom stereocenters. The van der Waals surface area contributed by atoms with Gasteiger partial charge in [-0.15, -0.1) is 0 Å². The first-order valence-corrected chi connectivity index (χ1v) is 7.47. The van der Waals surface area contributed by atoms with Gasteiger partial charge in [-0.3, -0.25) is 4.90 Å².